The van der Waals surface area contributed by atoms with Crippen LogP contribution in [0.4, 0.5) is 0 Å². The summed E-state index contributed by atoms with van der Waals surface area (Å²) < 4.78 is 5.65. The van der Waals surface area contributed by atoms with E-state index in [1.54, 1.807) is 0 Å². The van der Waals surface area contributed by atoms with Crippen LogP contribution in [0.2, 0.25) is 0 Å². The Morgan fingerprint density at radius 1 is 1.30 bits per heavy atom. The monoisotopic (exact) mass is 276 g/mol. The summed E-state index contributed by atoms with van der Waals surface area (Å²) in [4.78, 5) is 2.59. The van der Waals surface area contributed by atoms with E-state index in [1.165, 1.54) is 31.4 Å². The molecule has 1 aliphatic heterocycles. The fraction of sp³-hybridized carbons (Fsp3) is 0.647. The Hall–Kier alpha value is -1.06. The minimum atomic E-state index is 0.350. The first-order chi connectivity index (χ1) is 9.80. The molecule has 0 bridgehead atoms. The van der Waals surface area contributed by atoms with Crippen molar-refractivity contribution >= 4 is 0 Å². The molecule has 0 amide bonds. The number of likely N-dealkylation sites (tertiary alicyclic amines) is 1. The molecule has 0 spiro atoms. The van der Waals surface area contributed by atoms with Gasteiger partial charge in [-0.25, -0.2) is 0 Å². The zero-order valence-corrected chi connectivity index (χ0v) is 12.8. The average Bonchev–Trinajstić information content (AvgIpc) is 2.95. The van der Waals surface area contributed by atoms with Gasteiger partial charge in [-0.1, -0.05) is 26.0 Å². The molecule has 3 nitrogen and oxygen atoms in total. The number of hydrogen-bond donors (Lipinski definition) is 1. The lowest BCUT2D eigenvalue weighted by molar-refractivity contribution is 0.180. The van der Waals surface area contributed by atoms with E-state index in [1.807, 2.05) is 0 Å². The molecule has 2 atom stereocenters. The summed E-state index contributed by atoms with van der Waals surface area (Å²) in [6, 6.07) is 9.54. The predicted molar refractivity (Wildman–Crippen MR) is 84.0 cm³/mol. The molecule has 1 heterocycles. The van der Waals surface area contributed by atoms with E-state index in [2.05, 4.69) is 43.0 Å². The molecule has 0 radical (unpaired) electrons. The largest absolute Gasteiger partial charge is 0.494 e. The number of ether oxygens (including phenoxy) is 1. The van der Waals surface area contributed by atoms with E-state index in [-0.39, 0.29) is 0 Å². The third kappa shape index (κ3) is 3.53. The molecule has 1 saturated heterocycles. The molecule has 0 saturated carbocycles. The Labute approximate surface area is 123 Å². The van der Waals surface area contributed by atoms with Crippen LogP contribution in [-0.2, 0) is 0 Å². The molecular weight excluding hydrogens is 248 g/mol. The van der Waals surface area contributed by atoms with Crippen molar-refractivity contribution in [2.24, 2.45) is 5.73 Å². The molecule has 20 heavy (non-hydrogen) atoms. The first-order valence-electron chi connectivity index (χ1n) is 7.98. The number of nitrogens with two attached hydrogens (primary N) is 1. The number of rotatable bonds is 7. The molecule has 2 rings (SSSR count). The van der Waals surface area contributed by atoms with Gasteiger partial charge in [0, 0.05) is 18.6 Å². The smallest absolute Gasteiger partial charge is 0.119 e. The highest BCUT2D eigenvalue weighted by Crippen LogP contribution is 2.31. The minimum absolute atomic E-state index is 0.350. The molecule has 1 aliphatic rings. The molecule has 0 aromatic heterocycles. The van der Waals surface area contributed by atoms with Gasteiger partial charge in [0.2, 0.25) is 0 Å². The van der Waals surface area contributed by atoms with Gasteiger partial charge in [-0.05, 0) is 49.9 Å². The molecule has 2 N–H and O–H groups in total. The van der Waals surface area contributed by atoms with Crippen LogP contribution in [0.15, 0.2) is 24.3 Å². The zero-order chi connectivity index (χ0) is 14.4. The van der Waals surface area contributed by atoms with E-state index in [9.17, 15) is 0 Å². The molecule has 1 aromatic carbocycles. The van der Waals surface area contributed by atoms with Crippen molar-refractivity contribution in [2.75, 3.05) is 19.7 Å². The molecule has 3 heteroatoms. The summed E-state index contributed by atoms with van der Waals surface area (Å²) in [5, 5.41) is 0. The van der Waals surface area contributed by atoms with Crippen LogP contribution in [0.5, 0.6) is 5.75 Å². The second-order valence-electron chi connectivity index (χ2n) is 5.61. The Morgan fingerprint density at radius 3 is 2.65 bits per heavy atom. The van der Waals surface area contributed by atoms with Crippen molar-refractivity contribution in [3.8, 4) is 5.75 Å². The minimum Gasteiger partial charge on any atom is -0.494 e. The van der Waals surface area contributed by atoms with Gasteiger partial charge in [-0.2, -0.15) is 0 Å². The average molecular weight is 276 g/mol. The normalized spacial score (nSPS) is 21.1. The van der Waals surface area contributed by atoms with Crippen molar-refractivity contribution in [1.82, 2.24) is 4.90 Å². The molecule has 1 fully saturated rings. The lowest BCUT2D eigenvalue weighted by Gasteiger charge is -2.32. The quantitative estimate of drug-likeness (QED) is 0.830. The van der Waals surface area contributed by atoms with Crippen molar-refractivity contribution in [2.45, 2.75) is 51.6 Å². The van der Waals surface area contributed by atoms with Gasteiger partial charge >= 0.3 is 0 Å². The van der Waals surface area contributed by atoms with Crippen LogP contribution in [0.25, 0.3) is 0 Å². The molecule has 0 aliphatic carbocycles. The number of nitrogens with zero attached hydrogens (tertiary/aromatic N) is 1. The van der Waals surface area contributed by atoms with Crippen LogP contribution in [0.3, 0.4) is 0 Å². The second-order valence-corrected chi connectivity index (χ2v) is 5.61. The highest BCUT2D eigenvalue weighted by atomic mass is 16.5. The molecule has 1 aromatic rings. The Kier molecular flexibility index (Phi) is 5.86. The highest BCUT2D eigenvalue weighted by molar-refractivity contribution is 5.29. The SMILES string of the molecule is CCCOc1ccc(C(CN)N2CCCC2CC)cc1. The third-order valence-electron chi connectivity index (χ3n) is 4.26. The van der Waals surface area contributed by atoms with Crippen LogP contribution < -0.4 is 10.5 Å². The fourth-order valence-corrected chi connectivity index (χ4v) is 3.18. The standard InChI is InChI=1S/C17H28N2O/c1-3-12-20-16-9-7-14(8-10-16)17(13-18)19-11-5-6-15(19)4-2/h7-10,15,17H,3-6,11-13,18H2,1-2H3. The fourth-order valence-electron chi connectivity index (χ4n) is 3.18. The van der Waals surface area contributed by atoms with Crippen LogP contribution >= 0.6 is 0 Å². The maximum Gasteiger partial charge on any atom is 0.119 e. The maximum absolute atomic E-state index is 6.05. The molecule has 112 valence electrons. The zero-order valence-electron chi connectivity index (χ0n) is 12.8. The summed E-state index contributed by atoms with van der Waals surface area (Å²) in [7, 11) is 0. The van der Waals surface area contributed by atoms with Gasteiger partial charge in [-0.3, -0.25) is 4.90 Å². The summed E-state index contributed by atoms with van der Waals surface area (Å²) >= 11 is 0. The molecule has 2 unspecified atom stereocenters. The summed E-state index contributed by atoms with van der Waals surface area (Å²) in [5.41, 5.74) is 7.36. The van der Waals surface area contributed by atoms with Crippen molar-refractivity contribution < 1.29 is 4.74 Å². The van der Waals surface area contributed by atoms with Gasteiger partial charge < -0.3 is 10.5 Å². The Morgan fingerprint density at radius 2 is 2.05 bits per heavy atom. The van der Waals surface area contributed by atoms with E-state index in [0.717, 1.165) is 18.8 Å². The lowest BCUT2D eigenvalue weighted by Crippen LogP contribution is -2.37. The van der Waals surface area contributed by atoms with Crippen LogP contribution in [0, 0.1) is 0 Å². The number of benzene rings is 1. The molecular formula is C17H28N2O. The van der Waals surface area contributed by atoms with E-state index < -0.39 is 0 Å². The third-order valence-corrected chi connectivity index (χ3v) is 4.26. The first kappa shape index (κ1) is 15.3. The second kappa shape index (κ2) is 7.65. The summed E-state index contributed by atoms with van der Waals surface area (Å²) in [6.45, 7) is 7.04. The topological polar surface area (TPSA) is 38.5 Å². The van der Waals surface area contributed by atoms with E-state index in [4.69, 9.17) is 10.5 Å². The predicted octanol–water partition coefficient (Wildman–Crippen LogP) is 3.35. The van der Waals surface area contributed by atoms with Gasteiger partial charge in [0.1, 0.15) is 5.75 Å². The van der Waals surface area contributed by atoms with Crippen molar-refractivity contribution in [3.05, 3.63) is 29.8 Å². The summed E-state index contributed by atoms with van der Waals surface area (Å²) in [6.07, 6.45) is 4.87. The Balaban J connectivity index is 2.07. The van der Waals surface area contributed by atoms with Gasteiger partial charge in [0.25, 0.3) is 0 Å². The lowest BCUT2D eigenvalue weighted by atomic mass is 10.0. The number of hydrogen-bond acceptors (Lipinski definition) is 3. The van der Waals surface area contributed by atoms with Gasteiger partial charge in [-0.15, -0.1) is 0 Å². The van der Waals surface area contributed by atoms with Gasteiger partial charge in [0.05, 0.1) is 6.61 Å². The maximum atomic E-state index is 6.05. The van der Waals surface area contributed by atoms with E-state index >= 15 is 0 Å². The van der Waals surface area contributed by atoms with Crippen LogP contribution in [-0.4, -0.2) is 30.6 Å². The van der Waals surface area contributed by atoms with Crippen LogP contribution in [0.1, 0.15) is 51.1 Å². The Bertz CT molecular complexity index is 390. The van der Waals surface area contributed by atoms with Gasteiger partial charge in [0.15, 0.2) is 0 Å². The summed E-state index contributed by atoms with van der Waals surface area (Å²) in [5.74, 6) is 0.958. The highest BCUT2D eigenvalue weighted by Gasteiger charge is 2.29. The first-order valence-corrected chi connectivity index (χ1v) is 7.98. The van der Waals surface area contributed by atoms with Crippen molar-refractivity contribution in [3.63, 3.8) is 0 Å². The van der Waals surface area contributed by atoms with E-state index in [0.29, 0.717) is 18.6 Å². The van der Waals surface area contributed by atoms with Crippen molar-refractivity contribution in [1.29, 1.82) is 0 Å².